The average molecular weight is 204 g/mol. The highest BCUT2D eigenvalue weighted by Gasteiger charge is 2.21. The molecule has 2 rings (SSSR count). The van der Waals surface area contributed by atoms with E-state index in [4.69, 9.17) is 4.74 Å². The van der Waals surface area contributed by atoms with Crippen molar-refractivity contribution in [3.63, 3.8) is 0 Å². The van der Waals surface area contributed by atoms with Gasteiger partial charge in [-0.1, -0.05) is 12.1 Å². The topological polar surface area (TPSA) is 29.5 Å². The van der Waals surface area contributed by atoms with E-state index in [2.05, 4.69) is 6.07 Å². The highest BCUT2D eigenvalue weighted by atomic mass is 16.5. The fourth-order valence-electron chi connectivity index (χ4n) is 2.14. The minimum atomic E-state index is -0.324. The molecule has 0 aromatic heterocycles. The highest BCUT2D eigenvalue weighted by molar-refractivity contribution is 5.73. The van der Waals surface area contributed by atoms with Gasteiger partial charge in [0.15, 0.2) is 0 Å². The number of benzene rings is 1. The zero-order chi connectivity index (χ0) is 10.8. The van der Waals surface area contributed by atoms with Crippen molar-refractivity contribution < 1.29 is 9.84 Å². The molecule has 80 valence electrons. The van der Waals surface area contributed by atoms with Gasteiger partial charge in [0.1, 0.15) is 5.75 Å². The highest BCUT2D eigenvalue weighted by Crippen LogP contribution is 2.33. The molecule has 1 aliphatic rings. The molecule has 1 atom stereocenters. The number of fused-ring (bicyclic) bond motifs is 1. The molecule has 2 heteroatoms. The number of aliphatic hydroxyl groups is 1. The third kappa shape index (κ3) is 1.77. The molecule has 1 aromatic rings. The summed E-state index contributed by atoms with van der Waals surface area (Å²) in [7, 11) is 1.66. The summed E-state index contributed by atoms with van der Waals surface area (Å²) >= 11 is 0. The number of methoxy groups -OCH3 is 1. The predicted molar refractivity (Wildman–Crippen MR) is 61.0 cm³/mol. The SMILES string of the molecule is C/C=C1/c2cc(OC)ccc2CCC1O. The van der Waals surface area contributed by atoms with E-state index in [0.29, 0.717) is 0 Å². The standard InChI is InChI=1S/C13H16O2/c1-3-11-12-8-10(15-2)6-4-9(12)5-7-13(11)14/h3-4,6,8,13-14H,5,7H2,1-2H3/b11-3-. The maximum Gasteiger partial charge on any atom is 0.119 e. The minimum Gasteiger partial charge on any atom is -0.497 e. The van der Waals surface area contributed by atoms with Crippen molar-refractivity contribution in [3.05, 3.63) is 35.4 Å². The number of allylic oxidation sites excluding steroid dienone is 1. The second kappa shape index (κ2) is 4.07. The van der Waals surface area contributed by atoms with Gasteiger partial charge in [0.2, 0.25) is 0 Å². The fraction of sp³-hybridized carbons (Fsp3) is 0.385. The summed E-state index contributed by atoms with van der Waals surface area (Å²) in [5.74, 6) is 0.849. The third-order valence-electron chi connectivity index (χ3n) is 2.99. The summed E-state index contributed by atoms with van der Waals surface area (Å²) in [6.45, 7) is 1.97. The van der Waals surface area contributed by atoms with Crippen molar-refractivity contribution in [3.8, 4) is 5.75 Å². The van der Waals surface area contributed by atoms with Crippen LogP contribution in [0.25, 0.3) is 5.57 Å². The van der Waals surface area contributed by atoms with Crippen LogP contribution in [0.1, 0.15) is 24.5 Å². The fourth-order valence-corrected chi connectivity index (χ4v) is 2.14. The van der Waals surface area contributed by atoms with Crippen LogP contribution in [-0.4, -0.2) is 18.3 Å². The summed E-state index contributed by atoms with van der Waals surface area (Å²) in [5.41, 5.74) is 3.46. The van der Waals surface area contributed by atoms with Gasteiger partial charge >= 0.3 is 0 Å². The first-order valence-corrected chi connectivity index (χ1v) is 5.28. The summed E-state index contributed by atoms with van der Waals surface area (Å²) in [6.07, 6.45) is 3.42. The second-order valence-electron chi connectivity index (χ2n) is 3.82. The molecular formula is C13H16O2. The zero-order valence-corrected chi connectivity index (χ0v) is 9.16. The lowest BCUT2D eigenvalue weighted by molar-refractivity contribution is 0.218. The van der Waals surface area contributed by atoms with Crippen molar-refractivity contribution in [1.82, 2.24) is 0 Å². The Morgan fingerprint density at radius 3 is 2.93 bits per heavy atom. The van der Waals surface area contributed by atoms with Gasteiger partial charge in [-0.15, -0.1) is 0 Å². The Hall–Kier alpha value is -1.28. The van der Waals surface area contributed by atoms with Crippen molar-refractivity contribution >= 4 is 5.57 Å². The van der Waals surface area contributed by atoms with Gasteiger partial charge in [-0.25, -0.2) is 0 Å². The second-order valence-corrected chi connectivity index (χ2v) is 3.82. The maximum atomic E-state index is 9.87. The molecule has 0 heterocycles. The Balaban J connectivity index is 2.50. The Bertz CT molecular complexity index is 394. The Morgan fingerprint density at radius 2 is 2.27 bits per heavy atom. The molecule has 0 spiro atoms. The molecule has 2 nitrogen and oxygen atoms in total. The number of hydrogen-bond donors (Lipinski definition) is 1. The number of hydrogen-bond acceptors (Lipinski definition) is 2. The van der Waals surface area contributed by atoms with E-state index in [0.717, 1.165) is 29.7 Å². The normalized spacial score (nSPS) is 22.6. The Labute approximate surface area is 90.2 Å². The molecule has 1 aliphatic carbocycles. The lowest BCUT2D eigenvalue weighted by Crippen LogP contribution is -2.17. The molecule has 0 fully saturated rings. The van der Waals surface area contributed by atoms with Crippen LogP contribution < -0.4 is 4.74 Å². The van der Waals surface area contributed by atoms with Gasteiger partial charge in [0.05, 0.1) is 13.2 Å². The largest absolute Gasteiger partial charge is 0.497 e. The Kier molecular flexibility index (Phi) is 2.78. The lowest BCUT2D eigenvalue weighted by Gasteiger charge is -2.24. The quantitative estimate of drug-likeness (QED) is 0.761. The first kappa shape index (κ1) is 10.2. The summed E-state index contributed by atoms with van der Waals surface area (Å²) < 4.78 is 5.20. The van der Waals surface area contributed by atoms with E-state index < -0.39 is 0 Å². The summed E-state index contributed by atoms with van der Waals surface area (Å²) in [4.78, 5) is 0. The molecule has 15 heavy (non-hydrogen) atoms. The first-order chi connectivity index (χ1) is 7.26. The molecule has 1 N–H and O–H groups in total. The predicted octanol–water partition coefficient (Wildman–Crippen LogP) is 2.41. The van der Waals surface area contributed by atoms with Crippen LogP contribution in [0.4, 0.5) is 0 Å². The molecule has 1 unspecified atom stereocenters. The van der Waals surface area contributed by atoms with Gasteiger partial charge < -0.3 is 9.84 Å². The summed E-state index contributed by atoms with van der Waals surface area (Å²) in [6, 6.07) is 6.07. The van der Waals surface area contributed by atoms with Crippen LogP contribution in [0.15, 0.2) is 24.3 Å². The molecule has 0 amide bonds. The zero-order valence-electron chi connectivity index (χ0n) is 9.16. The molecular weight excluding hydrogens is 188 g/mol. The van der Waals surface area contributed by atoms with E-state index >= 15 is 0 Å². The maximum absolute atomic E-state index is 9.87. The van der Waals surface area contributed by atoms with Crippen molar-refractivity contribution in [2.75, 3.05) is 7.11 Å². The molecule has 0 aliphatic heterocycles. The minimum absolute atomic E-state index is 0.324. The van der Waals surface area contributed by atoms with E-state index in [1.807, 2.05) is 25.1 Å². The average Bonchev–Trinajstić information content (AvgIpc) is 2.28. The van der Waals surface area contributed by atoms with Crippen molar-refractivity contribution in [2.45, 2.75) is 25.9 Å². The number of ether oxygens (including phenoxy) is 1. The van der Waals surface area contributed by atoms with Crippen LogP contribution in [0, 0.1) is 0 Å². The van der Waals surface area contributed by atoms with E-state index in [-0.39, 0.29) is 6.10 Å². The molecule has 0 bridgehead atoms. The lowest BCUT2D eigenvalue weighted by atomic mass is 9.85. The smallest absolute Gasteiger partial charge is 0.119 e. The van der Waals surface area contributed by atoms with Crippen LogP contribution in [0.3, 0.4) is 0 Å². The first-order valence-electron chi connectivity index (χ1n) is 5.28. The third-order valence-corrected chi connectivity index (χ3v) is 2.99. The molecule has 0 radical (unpaired) electrons. The van der Waals surface area contributed by atoms with Gasteiger partial charge in [-0.05, 0) is 48.6 Å². The number of rotatable bonds is 1. The van der Waals surface area contributed by atoms with Crippen LogP contribution in [0.2, 0.25) is 0 Å². The van der Waals surface area contributed by atoms with Gasteiger partial charge in [0, 0.05) is 0 Å². The van der Waals surface area contributed by atoms with Gasteiger partial charge in [-0.2, -0.15) is 0 Å². The van der Waals surface area contributed by atoms with Crippen LogP contribution in [-0.2, 0) is 6.42 Å². The van der Waals surface area contributed by atoms with E-state index in [1.54, 1.807) is 7.11 Å². The molecule has 1 aromatic carbocycles. The van der Waals surface area contributed by atoms with Crippen molar-refractivity contribution in [2.24, 2.45) is 0 Å². The van der Waals surface area contributed by atoms with E-state index in [9.17, 15) is 5.11 Å². The van der Waals surface area contributed by atoms with Gasteiger partial charge in [0.25, 0.3) is 0 Å². The number of aliphatic hydroxyl groups excluding tert-OH is 1. The molecule has 0 saturated heterocycles. The van der Waals surface area contributed by atoms with E-state index in [1.165, 1.54) is 5.56 Å². The summed E-state index contributed by atoms with van der Waals surface area (Å²) in [5, 5.41) is 9.87. The van der Waals surface area contributed by atoms with Crippen LogP contribution in [0.5, 0.6) is 5.75 Å². The van der Waals surface area contributed by atoms with Gasteiger partial charge in [-0.3, -0.25) is 0 Å². The Morgan fingerprint density at radius 1 is 1.47 bits per heavy atom. The molecule has 0 saturated carbocycles. The monoisotopic (exact) mass is 204 g/mol. The van der Waals surface area contributed by atoms with Crippen LogP contribution >= 0.6 is 0 Å². The van der Waals surface area contributed by atoms with Crippen molar-refractivity contribution in [1.29, 1.82) is 0 Å². The number of aryl methyl sites for hydroxylation is 1.